The van der Waals surface area contributed by atoms with Crippen molar-refractivity contribution in [2.45, 2.75) is 38.6 Å². The van der Waals surface area contributed by atoms with Gasteiger partial charge in [-0.1, -0.05) is 66.9 Å². The molecule has 1 unspecified atom stereocenters. The van der Waals surface area contributed by atoms with Crippen LogP contribution in [-0.4, -0.2) is 31.8 Å². The van der Waals surface area contributed by atoms with E-state index in [2.05, 4.69) is 58.0 Å². The lowest BCUT2D eigenvalue weighted by Crippen LogP contribution is -2.47. The Balaban J connectivity index is 1.13. The molecule has 1 aromatic heterocycles. The number of rotatable bonds is 6. The average Bonchev–Trinajstić information content (AvgIpc) is 3.45. The maximum absolute atomic E-state index is 12.6. The van der Waals surface area contributed by atoms with Crippen LogP contribution in [0.4, 0.5) is 0 Å². The fraction of sp³-hybridized carbons (Fsp3) is 0.207. The Kier molecular flexibility index (Phi) is 5.52. The number of allylic oxidation sites excluding steroid dienone is 1. The molecule has 4 aromatic rings. The van der Waals surface area contributed by atoms with E-state index in [9.17, 15) is 4.79 Å². The third kappa shape index (κ3) is 4.02. The Morgan fingerprint density at radius 2 is 1.81 bits per heavy atom. The summed E-state index contributed by atoms with van der Waals surface area (Å²) in [6.07, 6.45) is 1.52. The van der Waals surface area contributed by atoms with Crippen molar-refractivity contribution < 1.29 is 9.53 Å². The normalized spacial score (nSPS) is 17.4. The number of piperidine rings is 1. The van der Waals surface area contributed by atoms with Gasteiger partial charge in [-0.2, -0.15) is 0 Å². The van der Waals surface area contributed by atoms with Crippen molar-refractivity contribution in [3.05, 3.63) is 108 Å². The highest BCUT2D eigenvalue weighted by atomic mass is 16.5. The summed E-state index contributed by atoms with van der Waals surface area (Å²) in [5.74, 6) is 0.816. The largest absolute Gasteiger partial charge is 0.489 e. The highest BCUT2D eigenvalue weighted by molar-refractivity contribution is 5.87. The molecule has 0 aliphatic carbocycles. The third-order valence-corrected chi connectivity index (χ3v) is 6.99. The Bertz CT molecular complexity index is 1490. The second kappa shape index (κ2) is 9.00. The molecular formula is C29H27N5O2. The number of hydrogen-bond donors (Lipinski definition) is 1. The van der Waals surface area contributed by atoms with Gasteiger partial charge in [-0.15, -0.1) is 5.10 Å². The first-order valence-corrected chi connectivity index (χ1v) is 12.1. The lowest BCUT2D eigenvalue weighted by Gasteiger charge is -2.33. The van der Waals surface area contributed by atoms with E-state index >= 15 is 0 Å². The summed E-state index contributed by atoms with van der Waals surface area (Å²) >= 11 is 0. The van der Waals surface area contributed by atoms with Crippen LogP contribution < -0.4 is 10.1 Å². The van der Waals surface area contributed by atoms with Crippen molar-refractivity contribution >= 4 is 22.6 Å². The molecule has 3 aromatic carbocycles. The number of benzene rings is 3. The molecule has 1 fully saturated rings. The van der Waals surface area contributed by atoms with Gasteiger partial charge in [0.1, 0.15) is 23.9 Å². The molecule has 36 heavy (non-hydrogen) atoms. The van der Waals surface area contributed by atoms with Gasteiger partial charge in [-0.05, 0) is 42.2 Å². The number of carbonyl (C=O) groups is 1. The zero-order chi connectivity index (χ0) is 24.6. The fourth-order valence-corrected chi connectivity index (χ4v) is 5.02. The van der Waals surface area contributed by atoms with E-state index in [1.807, 2.05) is 47.1 Å². The first-order valence-electron chi connectivity index (χ1n) is 12.1. The van der Waals surface area contributed by atoms with Gasteiger partial charge < -0.3 is 15.0 Å². The van der Waals surface area contributed by atoms with E-state index in [-0.39, 0.29) is 11.9 Å². The molecule has 2 aliphatic rings. The summed E-state index contributed by atoms with van der Waals surface area (Å²) in [6, 6.07) is 22.1. The molecule has 6 rings (SSSR count). The van der Waals surface area contributed by atoms with Crippen LogP contribution in [0, 0.1) is 0 Å². The molecule has 1 atom stereocenters. The predicted octanol–water partition coefficient (Wildman–Crippen LogP) is 4.64. The number of para-hydroxylation sites is 1. The van der Waals surface area contributed by atoms with Crippen LogP contribution in [0.25, 0.3) is 16.7 Å². The van der Waals surface area contributed by atoms with Gasteiger partial charge in [-0.25, -0.2) is 4.68 Å². The minimum Gasteiger partial charge on any atom is -0.489 e. The maximum atomic E-state index is 12.6. The Labute approximate surface area is 209 Å². The zero-order valence-corrected chi connectivity index (χ0v) is 20.0. The fourth-order valence-electron chi connectivity index (χ4n) is 5.02. The molecule has 180 valence electrons. The highest BCUT2D eigenvalue weighted by Gasteiger charge is 2.36. The van der Waals surface area contributed by atoms with Crippen LogP contribution in [0.1, 0.15) is 35.1 Å². The van der Waals surface area contributed by atoms with Gasteiger partial charge in [0.05, 0.1) is 12.1 Å². The van der Waals surface area contributed by atoms with Crippen LogP contribution in [0.15, 0.2) is 85.6 Å². The van der Waals surface area contributed by atoms with Crippen LogP contribution in [0.2, 0.25) is 0 Å². The maximum Gasteiger partial charge on any atom is 0.246 e. The second-order valence-electron chi connectivity index (χ2n) is 9.35. The molecule has 1 N–H and O–H groups in total. The number of fused-ring (bicyclic) bond motifs is 2. The summed E-state index contributed by atoms with van der Waals surface area (Å²) < 4.78 is 8.17. The van der Waals surface area contributed by atoms with Gasteiger partial charge in [0.2, 0.25) is 5.91 Å². The van der Waals surface area contributed by atoms with Crippen LogP contribution in [-0.2, 0) is 24.5 Å². The molecule has 7 heteroatoms. The molecule has 1 amide bonds. The number of nitrogens with zero attached hydrogens (tertiary/aromatic N) is 4. The standard InChI is InChI=1S/C29H27N5O2/c1-19-10-15-27(29(35)30-19)33-17-24-23(20(33)2)6-5-9-28(24)36-18-22-13-11-21(12-14-22)16-34-26-8-4-3-7-25(26)31-32-34/h3-9,11-14,27H,1-2,10,15-18H2,(H,30,35). The van der Waals surface area contributed by atoms with Gasteiger partial charge in [0, 0.05) is 29.1 Å². The first kappa shape index (κ1) is 22.1. The van der Waals surface area contributed by atoms with Crippen molar-refractivity contribution in [2.24, 2.45) is 0 Å². The monoisotopic (exact) mass is 477 g/mol. The summed E-state index contributed by atoms with van der Waals surface area (Å²) in [4.78, 5) is 14.7. The topological polar surface area (TPSA) is 72.3 Å². The van der Waals surface area contributed by atoms with Crippen LogP contribution in [0.3, 0.4) is 0 Å². The molecule has 1 saturated heterocycles. The van der Waals surface area contributed by atoms with Crippen LogP contribution >= 0.6 is 0 Å². The minimum atomic E-state index is -0.238. The Hall–Kier alpha value is -4.39. The summed E-state index contributed by atoms with van der Waals surface area (Å²) in [5, 5.41) is 11.4. The van der Waals surface area contributed by atoms with Gasteiger partial charge in [-0.3, -0.25) is 4.79 Å². The highest BCUT2D eigenvalue weighted by Crippen LogP contribution is 2.40. The summed E-state index contributed by atoms with van der Waals surface area (Å²) in [6.45, 7) is 9.90. The summed E-state index contributed by atoms with van der Waals surface area (Å²) in [5.41, 5.74) is 7.92. The molecular weight excluding hydrogens is 450 g/mol. The zero-order valence-electron chi connectivity index (χ0n) is 20.0. The number of carbonyl (C=O) groups excluding carboxylic acids is 1. The van der Waals surface area contributed by atoms with E-state index in [4.69, 9.17) is 4.74 Å². The molecule has 3 heterocycles. The van der Waals surface area contributed by atoms with E-state index in [0.717, 1.165) is 63.3 Å². The van der Waals surface area contributed by atoms with Gasteiger partial charge >= 0.3 is 0 Å². The summed E-state index contributed by atoms with van der Waals surface area (Å²) in [7, 11) is 0. The number of hydrogen-bond acceptors (Lipinski definition) is 5. The van der Waals surface area contributed by atoms with E-state index < -0.39 is 0 Å². The smallest absolute Gasteiger partial charge is 0.246 e. The number of nitrogens with one attached hydrogen (secondary N) is 1. The molecule has 0 saturated carbocycles. The molecule has 0 radical (unpaired) electrons. The van der Waals surface area contributed by atoms with E-state index in [1.54, 1.807) is 0 Å². The predicted molar refractivity (Wildman–Crippen MR) is 139 cm³/mol. The van der Waals surface area contributed by atoms with Crippen molar-refractivity contribution in [3.8, 4) is 5.75 Å². The molecule has 7 nitrogen and oxygen atoms in total. The lowest BCUT2D eigenvalue weighted by atomic mass is 10.0. The molecule has 0 spiro atoms. The van der Waals surface area contributed by atoms with Gasteiger partial charge in [0.25, 0.3) is 0 Å². The lowest BCUT2D eigenvalue weighted by molar-refractivity contribution is -0.125. The van der Waals surface area contributed by atoms with Crippen LogP contribution in [0.5, 0.6) is 5.75 Å². The molecule has 2 aliphatic heterocycles. The Morgan fingerprint density at radius 1 is 1.00 bits per heavy atom. The molecule has 0 bridgehead atoms. The van der Waals surface area contributed by atoms with Crippen molar-refractivity contribution in [3.63, 3.8) is 0 Å². The third-order valence-electron chi connectivity index (χ3n) is 6.99. The van der Waals surface area contributed by atoms with Crippen molar-refractivity contribution in [1.29, 1.82) is 0 Å². The number of ether oxygens (including phenoxy) is 1. The second-order valence-corrected chi connectivity index (χ2v) is 9.35. The van der Waals surface area contributed by atoms with Crippen molar-refractivity contribution in [2.75, 3.05) is 0 Å². The SMILES string of the molecule is C=C1CCC(N2Cc3c(OCc4ccc(Cn5nnc6ccccc65)cc4)cccc3C2=C)C(=O)N1. The van der Waals surface area contributed by atoms with E-state index in [1.165, 1.54) is 0 Å². The van der Waals surface area contributed by atoms with E-state index in [0.29, 0.717) is 19.7 Å². The average molecular weight is 478 g/mol. The van der Waals surface area contributed by atoms with Crippen molar-refractivity contribution in [1.82, 2.24) is 25.2 Å². The number of aromatic nitrogens is 3. The number of amides is 1. The Morgan fingerprint density at radius 3 is 2.64 bits per heavy atom. The quantitative estimate of drug-likeness (QED) is 0.438. The first-order chi connectivity index (χ1) is 17.6. The van der Waals surface area contributed by atoms with Gasteiger partial charge in [0.15, 0.2) is 0 Å². The minimum absolute atomic E-state index is 0.0124.